The van der Waals surface area contributed by atoms with E-state index in [1.165, 1.54) is 11.4 Å². The van der Waals surface area contributed by atoms with Gasteiger partial charge in [0.25, 0.3) is 5.91 Å². The second-order valence-corrected chi connectivity index (χ2v) is 7.16. The zero-order chi connectivity index (χ0) is 16.9. The van der Waals surface area contributed by atoms with Crippen LogP contribution in [0.3, 0.4) is 0 Å². The number of amides is 1. The van der Waals surface area contributed by atoms with Crippen molar-refractivity contribution in [3.8, 4) is 5.82 Å². The number of hydrogen-bond acceptors (Lipinski definition) is 5. The van der Waals surface area contributed by atoms with Gasteiger partial charge in [0.1, 0.15) is 12.1 Å². The SMILES string of the molecule is CN(CCCNC(=O)c1ccnc(-n2ccnc2)c1)S(C)(=O)=O. The minimum Gasteiger partial charge on any atom is -0.352 e. The Labute approximate surface area is 135 Å². The van der Waals surface area contributed by atoms with E-state index in [0.29, 0.717) is 30.9 Å². The summed E-state index contributed by atoms with van der Waals surface area (Å²) in [6, 6.07) is 3.29. The number of carbonyl (C=O) groups excluding carboxylic acids is 1. The molecular formula is C14H19N5O3S. The fourth-order valence-corrected chi connectivity index (χ4v) is 2.33. The van der Waals surface area contributed by atoms with Gasteiger partial charge >= 0.3 is 0 Å². The number of sulfonamides is 1. The van der Waals surface area contributed by atoms with E-state index in [1.54, 1.807) is 41.6 Å². The second-order valence-electron chi connectivity index (χ2n) is 5.07. The predicted octanol–water partition coefficient (Wildman–Crippen LogP) is 0.279. The number of carbonyl (C=O) groups is 1. The lowest BCUT2D eigenvalue weighted by Crippen LogP contribution is -2.31. The van der Waals surface area contributed by atoms with Gasteiger partial charge in [0.05, 0.1) is 6.26 Å². The van der Waals surface area contributed by atoms with E-state index in [0.717, 1.165) is 6.26 Å². The second kappa shape index (κ2) is 7.34. The Kier molecular flexibility index (Phi) is 5.45. The molecule has 0 aromatic carbocycles. The van der Waals surface area contributed by atoms with Gasteiger partial charge in [-0.3, -0.25) is 9.36 Å². The van der Waals surface area contributed by atoms with Crippen molar-refractivity contribution in [1.82, 2.24) is 24.2 Å². The summed E-state index contributed by atoms with van der Waals surface area (Å²) in [5, 5.41) is 2.77. The fraction of sp³-hybridized carbons (Fsp3) is 0.357. The van der Waals surface area contributed by atoms with Crippen LogP contribution in [0.5, 0.6) is 0 Å². The molecule has 8 nitrogen and oxygen atoms in total. The van der Waals surface area contributed by atoms with Crippen LogP contribution in [0.1, 0.15) is 16.8 Å². The first-order valence-corrected chi connectivity index (χ1v) is 8.86. The van der Waals surface area contributed by atoms with Gasteiger partial charge in [0, 0.05) is 44.3 Å². The molecule has 0 saturated heterocycles. The number of imidazole rings is 1. The molecule has 9 heteroatoms. The van der Waals surface area contributed by atoms with Crippen LogP contribution in [-0.2, 0) is 10.0 Å². The summed E-state index contributed by atoms with van der Waals surface area (Å²) < 4.78 is 25.5. The van der Waals surface area contributed by atoms with Gasteiger partial charge < -0.3 is 5.32 Å². The molecule has 0 unspecified atom stereocenters. The molecule has 0 atom stereocenters. The maximum atomic E-state index is 12.1. The molecule has 2 heterocycles. The molecule has 2 aromatic heterocycles. The number of aromatic nitrogens is 3. The Morgan fingerprint density at radius 3 is 2.83 bits per heavy atom. The number of hydrogen-bond donors (Lipinski definition) is 1. The summed E-state index contributed by atoms with van der Waals surface area (Å²) in [5.74, 6) is 0.378. The molecule has 2 aromatic rings. The number of nitrogens with zero attached hydrogens (tertiary/aromatic N) is 4. The van der Waals surface area contributed by atoms with Gasteiger partial charge in [-0.15, -0.1) is 0 Å². The van der Waals surface area contributed by atoms with Gasteiger partial charge in [0.15, 0.2) is 0 Å². The Morgan fingerprint density at radius 1 is 1.39 bits per heavy atom. The molecule has 1 amide bonds. The Bertz CT molecular complexity index is 758. The molecule has 0 aliphatic rings. The predicted molar refractivity (Wildman–Crippen MR) is 85.8 cm³/mol. The van der Waals surface area contributed by atoms with E-state index >= 15 is 0 Å². The van der Waals surface area contributed by atoms with Crippen LogP contribution in [0.15, 0.2) is 37.1 Å². The molecular weight excluding hydrogens is 318 g/mol. The van der Waals surface area contributed by atoms with Crippen molar-refractivity contribution in [2.24, 2.45) is 0 Å². The molecule has 0 fully saturated rings. The third kappa shape index (κ3) is 4.86. The highest BCUT2D eigenvalue weighted by molar-refractivity contribution is 7.88. The van der Waals surface area contributed by atoms with Crippen molar-refractivity contribution >= 4 is 15.9 Å². The van der Waals surface area contributed by atoms with Gasteiger partial charge in [-0.05, 0) is 18.6 Å². The maximum Gasteiger partial charge on any atom is 0.251 e. The zero-order valence-electron chi connectivity index (χ0n) is 13.0. The summed E-state index contributed by atoms with van der Waals surface area (Å²) in [4.78, 5) is 20.2. The van der Waals surface area contributed by atoms with Crippen molar-refractivity contribution < 1.29 is 13.2 Å². The van der Waals surface area contributed by atoms with E-state index < -0.39 is 10.0 Å². The normalized spacial score (nSPS) is 11.6. The van der Waals surface area contributed by atoms with E-state index in [9.17, 15) is 13.2 Å². The van der Waals surface area contributed by atoms with E-state index in [-0.39, 0.29) is 5.91 Å². The average molecular weight is 337 g/mol. The largest absolute Gasteiger partial charge is 0.352 e. The average Bonchev–Trinajstić information content (AvgIpc) is 3.04. The fourth-order valence-electron chi connectivity index (χ4n) is 1.87. The van der Waals surface area contributed by atoms with Crippen molar-refractivity contribution in [3.05, 3.63) is 42.6 Å². The van der Waals surface area contributed by atoms with Crippen LogP contribution in [0.4, 0.5) is 0 Å². The molecule has 23 heavy (non-hydrogen) atoms. The minimum atomic E-state index is -3.18. The summed E-state index contributed by atoms with van der Waals surface area (Å²) in [6.07, 6.45) is 8.22. The first-order chi connectivity index (χ1) is 10.9. The van der Waals surface area contributed by atoms with Crippen molar-refractivity contribution in [1.29, 1.82) is 0 Å². The standard InChI is InChI=1S/C14H19N5O3S/c1-18(23(2,21)22)8-3-5-17-14(20)12-4-6-16-13(10-12)19-9-7-15-11-19/h4,6-7,9-11H,3,5,8H2,1-2H3,(H,17,20). The van der Waals surface area contributed by atoms with E-state index in [2.05, 4.69) is 15.3 Å². The van der Waals surface area contributed by atoms with Gasteiger partial charge in [-0.25, -0.2) is 22.7 Å². The van der Waals surface area contributed by atoms with Crippen LogP contribution >= 0.6 is 0 Å². The van der Waals surface area contributed by atoms with Crippen molar-refractivity contribution in [3.63, 3.8) is 0 Å². The number of rotatable bonds is 7. The third-order valence-corrected chi connectivity index (χ3v) is 4.59. The zero-order valence-corrected chi connectivity index (χ0v) is 13.8. The van der Waals surface area contributed by atoms with E-state index in [4.69, 9.17) is 0 Å². The van der Waals surface area contributed by atoms with Crippen LogP contribution in [-0.4, -0.2) is 59.6 Å². The van der Waals surface area contributed by atoms with Crippen LogP contribution in [0.25, 0.3) is 5.82 Å². The van der Waals surface area contributed by atoms with Gasteiger partial charge in [0.2, 0.25) is 10.0 Å². The highest BCUT2D eigenvalue weighted by atomic mass is 32.2. The first kappa shape index (κ1) is 17.1. The molecule has 0 aliphatic heterocycles. The highest BCUT2D eigenvalue weighted by Gasteiger charge is 2.11. The monoisotopic (exact) mass is 337 g/mol. The van der Waals surface area contributed by atoms with E-state index in [1.807, 2.05) is 0 Å². The summed E-state index contributed by atoms with van der Waals surface area (Å²) in [5.41, 5.74) is 0.486. The molecule has 124 valence electrons. The number of nitrogens with one attached hydrogen (secondary N) is 1. The highest BCUT2D eigenvalue weighted by Crippen LogP contribution is 2.06. The summed E-state index contributed by atoms with van der Waals surface area (Å²) in [6.45, 7) is 0.747. The first-order valence-electron chi connectivity index (χ1n) is 7.02. The molecule has 0 aliphatic carbocycles. The third-order valence-electron chi connectivity index (χ3n) is 3.28. The quantitative estimate of drug-likeness (QED) is 0.732. The minimum absolute atomic E-state index is 0.226. The van der Waals surface area contributed by atoms with Gasteiger partial charge in [-0.1, -0.05) is 0 Å². The number of pyridine rings is 1. The summed E-state index contributed by atoms with van der Waals surface area (Å²) >= 11 is 0. The Hall–Kier alpha value is -2.26. The lowest BCUT2D eigenvalue weighted by atomic mass is 10.2. The molecule has 2 rings (SSSR count). The maximum absolute atomic E-state index is 12.1. The molecule has 0 radical (unpaired) electrons. The van der Waals surface area contributed by atoms with Crippen LogP contribution in [0, 0.1) is 0 Å². The smallest absolute Gasteiger partial charge is 0.251 e. The Balaban J connectivity index is 1.88. The molecule has 0 saturated carbocycles. The Morgan fingerprint density at radius 2 is 2.17 bits per heavy atom. The molecule has 0 bridgehead atoms. The topological polar surface area (TPSA) is 97.2 Å². The van der Waals surface area contributed by atoms with Crippen LogP contribution < -0.4 is 5.32 Å². The van der Waals surface area contributed by atoms with Crippen molar-refractivity contribution in [2.45, 2.75) is 6.42 Å². The lowest BCUT2D eigenvalue weighted by Gasteiger charge is -2.13. The molecule has 0 spiro atoms. The van der Waals surface area contributed by atoms with Crippen LogP contribution in [0.2, 0.25) is 0 Å². The summed E-state index contributed by atoms with van der Waals surface area (Å²) in [7, 11) is -1.67. The van der Waals surface area contributed by atoms with Crippen molar-refractivity contribution in [2.75, 3.05) is 26.4 Å². The van der Waals surface area contributed by atoms with Gasteiger partial charge in [-0.2, -0.15) is 0 Å². The molecule has 1 N–H and O–H groups in total. The lowest BCUT2D eigenvalue weighted by molar-refractivity contribution is 0.0952.